The first kappa shape index (κ1) is 15.3. The summed E-state index contributed by atoms with van der Waals surface area (Å²) in [5.41, 5.74) is 1.11. The molecule has 2 nitrogen and oxygen atoms in total. The summed E-state index contributed by atoms with van der Waals surface area (Å²) >= 11 is 0. The molecule has 0 radical (unpaired) electrons. The average Bonchev–Trinajstić information content (AvgIpc) is 2.59. The SMILES string of the molecule is CCN(CC)C(=O)/C=C/c1c2ccccc2cc2ccccc12. The van der Waals surface area contributed by atoms with Crippen LogP contribution in [0.1, 0.15) is 19.4 Å². The quantitative estimate of drug-likeness (QED) is 0.497. The van der Waals surface area contributed by atoms with Crippen molar-refractivity contribution in [1.82, 2.24) is 4.90 Å². The van der Waals surface area contributed by atoms with Crippen LogP contribution in [0.25, 0.3) is 27.6 Å². The van der Waals surface area contributed by atoms with Crippen LogP contribution in [0.15, 0.2) is 60.7 Å². The molecule has 1 amide bonds. The lowest BCUT2D eigenvalue weighted by Crippen LogP contribution is -2.28. The highest BCUT2D eigenvalue weighted by atomic mass is 16.2. The molecule has 3 rings (SSSR count). The summed E-state index contributed by atoms with van der Waals surface area (Å²) in [6.07, 6.45) is 3.66. The molecular formula is C21H21NO. The first-order valence-corrected chi connectivity index (χ1v) is 8.12. The number of hydrogen-bond acceptors (Lipinski definition) is 1. The predicted molar refractivity (Wildman–Crippen MR) is 98.4 cm³/mol. The van der Waals surface area contributed by atoms with Gasteiger partial charge in [0.1, 0.15) is 0 Å². The van der Waals surface area contributed by atoms with E-state index in [1.165, 1.54) is 21.5 Å². The molecule has 0 heterocycles. The van der Waals surface area contributed by atoms with E-state index in [1.807, 2.05) is 49.1 Å². The van der Waals surface area contributed by atoms with Crippen LogP contribution in [-0.4, -0.2) is 23.9 Å². The van der Waals surface area contributed by atoms with Gasteiger partial charge in [0.05, 0.1) is 0 Å². The van der Waals surface area contributed by atoms with Gasteiger partial charge >= 0.3 is 0 Å². The van der Waals surface area contributed by atoms with Crippen LogP contribution in [0.4, 0.5) is 0 Å². The molecule has 0 aliphatic carbocycles. The van der Waals surface area contributed by atoms with Gasteiger partial charge in [-0.1, -0.05) is 48.5 Å². The highest BCUT2D eigenvalue weighted by Crippen LogP contribution is 2.29. The van der Waals surface area contributed by atoms with E-state index >= 15 is 0 Å². The third-order valence-corrected chi connectivity index (χ3v) is 4.28. The van der Waals surface area contributed by atoms with Gasteiger partial charge in [-0.15, -0.1) is 0 Å². The topological polar surface area (TPSA) is 20.3 Å². The van der Waals surface area contributed by atoms with Crippen molar-refractivity contribution in [2.75, 3.05) is 13.1 Å². The number of amides is 1. The molecule has 0 aliphatic heterocycles. The lowest BCUT2D eigenvalue weighted by molar-refractivity contribution is -0.125. The number of benzene rings is 3. The van der Waals surface area contributed by atoms with E-state index in [1.54, 1.807) is 6.08 Å². The molecule has 3 aromatic rings. The van der Waals surface area contributed by atoms with Gasteiger partial charge in [0, 0.05) is 19.2 Å². The smallest absolute Gasteiger partial charge is 0.246 e. The van der Waals surface area contributed by atoms with Crippen molar-refractivity contribution < 1.29 is 4.79 Å². The van der Waals surface area contributed by atoms with Crippen molar-refractivity contribution in [2.24, 2.45) is 0 Å². The van der Waals surface area contributed by atoms with Crippen LogP contribution in [-0.2, 0) is 4.79 Å². The van der Waals surface area contributed by atoms with Gasteiger partial charge < -0.3 is 4.90 Å². The third-order valence-electron chi connectivity index (χ3n) is 4.28. The molecule has 0 unspecified atom stereocenters. The van der Waals surface area contributed by atoms with Crippen LogP contribution < -0.4 is 0 Å². The summed E-state index contributed by atoms with van der Waals surface area (Å²) in [6.45, 7) is 5.47. The maximum absolute atomic E-state index is 12.3. The van der Waals surface area contributed by atoms with Crippen LogP contribution >= 0.6 is 0 Å². The highest BCUT2D eigenvalue weighted by Gasteiger charge is 2.08. The summed E-state index contributed by atoms with van der Waals surface area (Å²) in [5.74, 6) is 0.0621. The van der Waals surface area contributed by atoms with Crippen molar-refractivity contribution >= 4 is 33.5 Å². The van der Waals surface area contributed by atoms with Gasteiger partial charge in [-0.3, -0.25) is 4.79 Å². The minimum Gasteiger partial charge on any atom is -0.340 e. The van der Waals surface area contributed by atoms with Crippen molar-refractivity contribution in [1.29, 1.82) is 0 Å². The fraction of sp³-hybridized carbons (Fsp3) is 0.190. The van der Waals surface area contributed by atoms with Gasteiger partial charge in [0.15, 0.2) is 0 Å². The van der Waals surface area contributed by atoms with Crippen LogP contribution in [0, 0.1) is 0 Å². The Morgan fingerprint density at radius 2 is 1.43 bits per heavy atom. The third kappa shape index (κ3) is 2.98. The summed E-state index contributed by atoms with van der Waals surface area (Å²) < 4.78 is 0. The van der Waals surface area contributed by atoms with E-state index < -0.39 is 0 Å². The van der Waals surface area contributed by atoms with Crippen LogP contribution in [0.5, 0.6) is 0 Å². The molecule has 0 fully saturated rings. The molecule has 0 saturated carbocycles. The van der Waals surface area contributed by atoms with E-state index in [0.717, 1.165) is 18.7 Å². The average molecular weight is 303 g/mol. The highest BCUT2D eigenvalue weighted by molar-refractivity contribution is 6.08. The predicted octanol–water partition coefficient (Wildman–Crippen LogP) is 4.87. The summed E-state index contributed by atoms with van der Waals surface area (Å²) in [5, 5.41) is 4.74. The molecule has 0 aliphatic rings. The maximum atomic E-state index is 12.3. The van der Waals surface area contributed by atoms with E-state index in [0.29, 0.717) is 0 Å². The van der Waals surface area contributed by atoms with Crippen LogP contribution in [0.2, 0.25) is 0 Å². The molecule has 23 heavy (non-hydrogen) atoms. The normalized spacial score (nSPS) is 11.4. The molecule has 0 bridgehead atoms. The van der Waals surface area contributed by atoms with Crippen molar-refractivity contribution in [3.05, 3.63) is 66.2 Å². The molecular weight excluding hydrogens is 282 g/mol. The Labute approximate surface area is 137 Å². The number of hydrogen-bond donors (Lipinski definition) is 0. The largest absolute Gasteiger partial charge is 0.340 e. The Morgan fingerprint density at radius 3 is 1.96 bits per heavy atom. The fourth-order valence-electron chi connectivity index (χ4n) is 3.02. The standard InChI is InChI=1S/C21H21NO/c1-3-22(4-2)21(23)14-13-20-18-11-7-5-9-16(18)15-17-10-6-8-12-19(17)20/h5-15H,3-4H2,1-2H3/b14-13+. The number of fused-ring (bicyclic) bond motifs is 2. The molecule has 0 saturated heterocycles. The zero-order valence-corrected chi connectivity index (χ0v) is 13.6. The summed E-state index contributed by atoms with van der Waals surface area (Å²) in [6, 6.07) is 18.8. The Morgan fingerprint density at radius 1 is 0.913 bits per heavy atom. The van der Waals surface area contributed by atoms with Gasteiger partial charge in [-0.25, -0.2) is 0 Å². The Hall–Kier alpha value is -2.61. The van der Waals surface area contributed by atoms with E-state index in [-0.39, 0.29) is 5.91 Å². The molecule has 0 aromatic heterocycles. The molecule has 0 spiro atoms. The summed E-state index contributed by atoms with van der Waals surface area (Å²) in [7, 11) is 0. The Bertz CT molecular complexity index is 821. The van der Waals surface area contributed by atoms with E-state index in [9.17, 15) is 4.79 Å². The van der Waals surface area contributed by atoms with E-state index in [2.05, 4.69) is 30.3 Å². The first-order chi connectivity index (χ1) is 11.2. The van der Waals surface area contributed by atoms with Gasteiger partial charge in [-0.05, 0) is 53.1 Å². The zero-order chi connectivity index (χ0) is 16.2. The van der Waals surface area contributed by atoms with E-state index in [4.69, 9.17) is 0 Å². The van der Waals surface area contributed by atoms with Crippen molar-refractivity contribution in [3.8, 4) is 0 Å². The number of likely N-dealkylation sites (N-methyl/N-ethyl adjacent to an activating group) is 1. The number of carbonyl (C=O) groups is 1. The zero-order valence-electron chi connectivity index (χ0n) is 13.6. The minimum atomic E-state index is 0.0621. The molecule has 2 heteroatoms. The molecule has 0 N–H and O–H groups in total. The van der Waals surface area contributed by atoms with Crippen molar-refractivity contribution in [3.63, 3.8) is 0 Å². The maximum Gasteiger partial charge on any atom is 0.246 e. The van der Waals surface area contributed by atoms with Gasteiger partial charge in [0.2, 0.25) is 5.91 Å². The Kier molecular flexibility index (Phi) is 4.42. The number of nitrogens with zero attached hydrogens (tertiary/aromatic N) is 1. The summed E-state index contributed by atoms with van der Waals surface area (Å²) in [4.78, 5) is 14.1. The molecule has 0 atom stereocenters. The number of rotatable bonds is 4. The first-order valence-electron chi connectivity index (χ1n) is 8.12. The van der Waals surface area contributed by atoms with Crippen LogP contribution in [0.3, 0.4) is 0 Å². The second kappa shape index (κ2) is 6.66. The minimum absolute atomic E-state index is 0.0621. The monoisotopic (exact) mass is 303 g/mol. The fourth-order valence-corrected chi connectivity index (χ4v) is 3.02. The molecule has 116 valence electrons. The van der Waals surface area contributed by atoms with Gasteiger partial charge in [0.25, 0.3) is 0 Å². The van der Waals surface area contributed by atoms with Crippen molar-refractivity contribution in [2.45, 2.75) is 13.8 Å². The second-order valence-electron chi connectivity index (χ2n) is 5.58. The molecule has 3 aromatic carbocycles. The lowest BCUT2D eigenvalue weighted by atomic mass is 9.96. The van der Waals surface area contributed by atoms with Gasteiger partial charge in [-0.2, -0.15) is 0 Å². The lowest BCUT2D eigenvalue weighted by Gasteiger charge is -2.16. The second-order valence-corrected chi connectivity index (χ2v) is 5.58. The Balaban J connectivity index is 2.15. The number of carbonyl (C=O) groups excluding carboxylic acids is 1.